The van der Waals surface area contributed by atoms with E-state index in [4.69, 9.17) is 49.6 Å². The van der Waals surface area contributed by atoms with Crippen LogP contribution in [0.1, 0.15) is 100 Å². The molecule has 61 heavy (non-hydrogen) atoms. The average Bonchev–Trinajstić information content (AvgIpc) is 3.21. The highest BCUT2D eigenvalue weighted by Gasteiger charge is 2.54. The Bertz CT molecular complexity index is 1600. The topological polar surface area (TPSA) is 187 Å². The lowest BCUT2D eigenvalue weighted by Gasteiger charge is -2.50. The maximum atomic E-state index is 14.5. The molecule has 1 aromatic carbocycles. The van der Waals surface area contributed by atoms with Crippen LogP contribution < -0.4 is 0 Å². The van der Waals surface area contributed by atoms with Crippen LogP contribution in [0.2, 0.25) is 5.02 Å². The number of esters is 1. The van der Waals surface area contributed by atoms with Crippen LogP contribution in [0.25, 0.3) is 0 Å². The van der Waals surface area contributed by atoms with Crippen molar-refractivity contribution in [2.45, 2.75) is 186 Å². The monoisotopic (exact) mass is 886 g/mol. The Morgan fingerprint density at radius 3 is 2.13 bits per heavy atom. The quantitative estimate of drug-likeness (QED) is 0.170. The van der Waals surface area contributed by atoms with Gasteiger partial charge >= 0.3 is 5.97 Å². The van der Waals surface area contributed by atoms with Gasteiger partial charge in [-0.05, 0) is 81.0 Å². The predicted octanol–water partition coefficient (Wildman–Crippen LogP) is 5.10. The van der Waals surface area contributed by atoms with E-state index >= 15 is 0 Å². The van der Waals surface area contributed by atoms with Gasteiger partial charge in [-0.2, -0.15) is 0 Å². The average molecular weight is 888 g/mol. The number of likely N-dealkylation sites (N-methyl/N-ethyl adjacent to an activating group) is 1. The number of aliphatic hydroxyl groups is 4. The number of ether oxygens (including phenoxy) is 7. The highest BCUT2D eigenvalue weighted by Crippen LogP contribution is 2.42. The first-order valence-electron chi connectivity index (χ1n) is 21.7. The lowest BCUT2D eigenvalue weighted by Crippen LogP contribution is -2.61. The molecule has 1 aromatic rings. The highest BCUT2D eigenvalue weighted by molar-refractivity contribution is 6.31. The van der Waals surface area contributed by atoms with Crippen molar-refractivity contribution in [3.63, 3.8) is 0 Å². The zero-order valence-corrected chi connectivity index (χ0v) is 39.5. The van der Waals surface area contributed by atoms with Crippen molar-refractivity contribution in [1.82, 2.24) is 4.90 Å². The fourth-order valence-corrected chi connectivity index (χ4v) is 9.75. The minimum atomic E-state index is -1.94. The van der Waals surface area contributed by atoms with Crippen molar-refractivity contribution >= 4 is 23.3 Å². The number of cyclic esters (lactones) is 1. The van der Waals surface area contributed by atoms with Crippen molar-refractivity contribution in [2.24, 2.45) is 28.8 Å². The third-order valence-electron chi connectivity index (χ3n) is 13.7. The molecule has 0 aliphatic carbocycles. The van der Waals surface area contributed by atoms with E-state index < -0.39 is 102 Å². The molecule has 0 radical (unpaired) electrons. The van der Waals surface area contributed by atoms with Crippen LogP contribution >= 0.6 is 11.6 Å². The van der Waals surface area contributed by atoms with Gasteiger partial charge < -0.3 is 63.3 Å². The van der Waals surface area contributed by atoms with Gasteiger partial charge in [-0.3, -0.25) is 4.79 Å². The molecule has 350 valence electrons. The fourth-order valence-electron chi connectivity index (χ4n) is 9.56. The van der Waals surface area contributed by atoms with Gasteiger partial charge in [0.05, 0.1) is 53.4 Å². The zero-order valence-electron chi connectivity index (χ0n) is 38.7. The molecule has 3 saturated heterocycles. The van der Waals surface area contributed by atoms with E-state index in [9.17, 15) is 25.2 Å². The van der Waals surface area contributed by atoms with Crippen LogP contribution in [0.4, 0.5) is 0 Å². The van der Waals surface area contributed by atoms with Gasteiger partial charge in [0.15, 0.2) is 12.6 Å². The summed E-state index contributed by atoms with van der Waals surface area (Å²) in [6, 6.07) is 6.95. The molecule has 16 heteroatoms. The van der Waals surface area contributed by atoms with E-state index in [0.29, 0.717) is 22.7 Å². The van der Waals surface area contributed by atoms with Gasteiger partial charge in [0.25, 0.3) is 0 Å². The number of hydrogen-bond donors (Lipinski definition) is 4. The normalized spacial score (nSPS) is 44.1. The van der Waals surface area contributed by atoms with Crippen LogP contribution in [0.3, 0.4) is 0 Å². The number of halogens is 1. The second kappa shape index (κ2) is 21.3. The maximum absolute atomic E-state index is 14.5. The fraction of sp³-hybridized carbons (Fsp3) is 0.822. The summed E-state index contributed by atoms with van der Waals surface area (Å²) < 4.78 is 44.8. The number of carbonyl (C=O) groups excluding carboxylic acids is 1. The SMILES string of the molecule is CC[C@H]1OC(=O)[C@H](C)[C@@H](O[C@H]2C[C@@](C)(OC)[C@@H](O)[C@H](C)O2)[C@H](C)[C@@H](O[C@@H]2O[C@H](C)C[C@H](N(C)C)[C@H]2O)[C@](C)(OC)C[C@@H](C)/C(=N\OCc2ccccc2Cl)[C@H](C)[C@@H](O)[C@]1(C)O. The molecule has 3 aliphatic rings. The first-order valence-corrected chi connectivity index (χ1v) is 22.1. The number of methoxy groups -OCH3 is 2. The molecule has 0 amide bonds. The number of nitrogens with zero attached hydrogens (tertiary/aromatic N) is 2. The Labute approximate surface area is 368 Å². The number of hydrogen-bond acceptors (Lipinski definition) is 15. The minimum Gasteiger partial charge on any atom is -0.459 e. The molecule has 0 saturated carbocycles. The summed E-state index contributed by atoms with van der Waals surface area (Å²) in [5.41, 5.74) is -3.10. The summed E-state index contributed by atoms with van der Waals surface area (Å²) >= 11 is 6.45. The van der Waals surface area contributed by atoms with Gasteiger partial charge in [0, 0.05) is 55.0 Å². The first-order chi connectivity index (χ1) is 28.5. The first kappa shape index (κ1) is 51.6. The van der Waals surface area contributed by atoms with Crippen molar-refractivity contribution in [1.29, 1.82) is 0 Å². The summed E-state index contributed by atoms with van der Waals surface area (Å²) in [6.45, 7) is 17.8. The third kappa shape index (κ3) is 11.6. The van der Waals surface area contributed by atoms with E-state index in [0.717, 1.165) is 0 Å². The molecule has 3 aliphatic heterocycles. The number of rotatable bonds is 11. The van der Waals surface area contributed by atoms with Crippen molar-refractivity contribution in [2.75, 3.05) is 28.3 Å². The van der Waals surface area contributed by atoms with E-state index in [1.807, 2.05) is 64.9 Å². The number of aliphatic hydroxyl groups excluding tert-OH is 3. The summed E-state index contributed by atoms with van der Waals surface area (Å²) in [4.78, 5) is 22.4. The molecular weight excluding hydrogens is 812 g/mol. The molecule has 0 bridgehead atoms. The number of benzene rings is 1. The second-order valence-corrected chi connectivity index (χ2v) is 19.0. The summed E-state index contributed by atoms with van der Waals surface area (Å²) in [5, 5.41) is 52.1. The molecule has 18 atom stereocenters. The molecule has 3 heterocycles. The molecule has 0 aromatic heterocycles. The Hall–Kier alpha value is -1.99. The van der Waals surface area contributed by atoms with Crippen molar-refractivity contribution in [3.8, 4) is 0 Å². The molecule has 4 rings (SSSR count). The molecule has 0 spiro atoms. The molecule has 15 nitrogen and oxygen atoms in total. The highest BCUT2D eigenvalue weighted by atomic mass is 35.5. The van der Waals surface area contributed by atoms with E-state index in [1.54, 1.807) is 47.8 Å². The van der Waals surface area contributed by atoms with Gasteiger partial charge in [-0.15, -0.1) is 0 Å². The van der Waals surface area contributed by atoms with Gasteiger partial charge in [-0.1, -0.05) is 62.7 Å². The third-order valence-corrected chi connectivity index (χ3v) is 14.0. The second-order valence-electron chi connectivity index (χ2n) is 18.6. The lowest BCUT2D eigenvalue weighted by molar-refractivity contribution is -0.319. The van der Waals surface area contributed by atoms with Gasteiger partial charge in [0.1, 0.15) is 30.5 Å². The van der Waals surface area contributed by atoms with Crippen molar-refractivity contribution < 1.29 is 63.2 Å². The largest absolute Gasteiger partial charge is 0.459 e. The van der Waals surface area contributed by atoms with Crippen LogP contribution in [-0.4, -0.2) is 150 Å². The van der Waals surface area contributed by atoms with Crippen LogP contribution in [0, 0.1) is 23.7 Å². The van der Waals surface area contributed by atoms with E-state index in [-0.39, 0.29) is 38.0 Å². The Morgan fingerprint density at radius 1 is 0.902 bits per heavy atom. The predicted molar refractivity (Wildman–Crippen MR) is 230 cm³/mol. The van der Waals surface area contributed by atoms with E-state index in [2.05, 4.69) is 5.16 Å². The molecule has 4 N–H and O–H groups in total. The minimum absolute atomic E-state index is 0.0364. The zero-order chi connectivity index (χ0) is 45.8. The number of oxime groups is 1. The standard InChI is InChI=1S/C45H75ClN2O13/c1-15-33-45(10,53)38(50)26(4)35(47-56-23-30-18-16-17-19-31(30)46)24(2)21-44(9,55-14)40(61-42-36(49)32(48(11)12)20-25(3)57-42)27(5)37(28(6)41(52)59-33)60-34-22-43(8,54-13)39(51)29(7)58-34/h16-19,24-29,32-34,36-40,42,49-51,53H,15,20-23H2,1-14H3/b47-35+/t24-,25-,26+,27+,28-,29+,32+,33-,34+,36-,37+,38-,39+,40-,42+,43-,44-,45-/m1/s1. The molecule has 0 unspecified atom stereocenters. The van der Waals surface area contributed by atoms with Crippen LogP contribution in [-0.2, 0) is 49.4 Å². The lowest BCUT2D eigenvalue weighted by atomic mass is 9.73. The summed E-state index contributed by atoms with van der Waals surface area (Å²) in [7, 11) is 6.87. The van der Waals surface area contributed by atoms with Crippen LogP contribution in [0.5, 0.6) is 0 Å². The maximum Gasteiger partial charge on any atom is 0.311 e. The Balaban J connectivity index is 1.90. The Morgan fingerprint density at radius 2 is 1.54 bits per heavy atom. The Kier molecular flexibility index (Phi) is 18.1. The van der Waals surface area contributed by atoms with E-state index in [1.165, 1.54) is 14.0 Å². The summed E-state index contributed by atoms with van der Waals surface area (Å²) in [6.07, 6.45) is -8.55. The van der Waals surface area contributed by atoms with Crippen LogP contribution in [0.15, 0.2) is 29.4 Å². The smallest absolute Gasteiger partial charge is 0.311 e. The van der Waals surface area contributed by atoms with Crippen molar-refractivity contribution in [3.05, 3.63) is 34.9 Å². The molecule has 3 fully saturated rings. The van der Waals surface area contributed by atoms with Gasteiger partial charge in [0.2, 0.25) is 0 Å². The summed E-state index contributed by atoms with van der Waals surface area (Å²) in [5.74, 6) is -3.73. The molecular formula is C45H75ClN2O13. The van der Waals surface area contributed by atoms with Gasteiger partial charge in [-0.25, -0.2) is 0 Å². The number of carbonyl (C=O) groups is 1.